The van der Waals surface area contributed by atoms with Gasteiger partial charge in [0, 0.05) is 36.6 Å². The zero-order valence-electron chi connectivity index (χ0n) is 22.1. The minimum Gasteiger partial charge on any atom is -0.497 e. The van der Waals surface area contributed by atoms with Gasteiger partial charge in [-0.05, 0) is 44.4 Å². The molecule has 0 spiro atoms. The highest BCUT2D eigenvalue weighted by Gasteiger charge is 2.51. The third-order valence-corrected chi connectivity index (χ3v) is 8.00. The molecule has 204 valence electrons. The highest BCUT2D eigenvalue weighted by molar-refractivity contribution is 5.86. The van der Waals surface area contributed by atoms with Crippen molar-refractivity contribution < 1.29 is 33.6 Å². The summed E-state index contributed by atoms with van der Waals surface area (Å²) < 4.78 is 23.7. The number of nitrogens with one attached hydrogen (secondary N) is 1. The van der Waals surface area contributed by atoms with E-state index in [-0.39, 0.29) is 36.6 Å². The van der Waals surface area contributed by atoms with Crippen molar-refractivity contribution in [3.8, 4) is 11.5 Å². The van der Waals surface area contributed by atoms with E-state index in [1.165, 1.54) is 0 Å². The highest BCUT2D eigenvalue weighted by Crippen LogP contribution is 2.53. The first-order valence-corrected chi connectivity index (χ1v) is 13.2. The molecule has 5 rings (SSSR count). The number of carbonyl (C=O) groups excluding carboxylic acids is 2. The molecule has 0 radical (unpaired) electrons. The van der Waals surface area contributed by atoms with Crippen LogP contribution in [0.25, 0.3) is 0 Å². The first-order chi connectivity index (χ1) is 18.3. The van der Waals surface area contributed by atoms with Crippen LogP contribution in [0.1, 0.15) is 43.9 Å². The van der Waals surface area contributed by atoms with Gasteiger partial charge in [-0.3, -0.25) is 4.79 Å². The van der Waals surface area contributed by atoms with Gasteiger partial charge in [0.05, 0.1) is 25.9 Å². The molecule has 2 saturated heterocycles. The smallest absolute Gasteiger partial charge is 0.408 e. The molecule has 0 aliphatic carbocycles. The highest BCUT2D eigenvalue weighted by atomic mass is 16.5. The molecule has 2 fully saturated rings. The van der Waals surface area contributed by atoms with Gasteiger partial charge in [-0.15, -0.1) is 0 Å². The molecule has 9 heteroatoms. The van der Waals surface area contributed by atoms with E-state index in [4.69, 9.17) is 18.9 Å². The number of ether oxygens (including phenoxy) is 4. The fourth-order valence-electron chi connectivity index (χ4n) is 5.92. The Bertz CT molecular complexity index is 1150. The maximum absolute atomic E-state index is 13.3. The van der Waals surface area contributed by atoms with Crippen LogP contribution in [0.15, 0.2) is 48.5 Å². The Morgan fingerprint density at radius 2 is 2.00 bits per heavy atom. The van der Waals surface area contributed by atoms with Crippen molar-refractivity contribution in [2.24, 2.45) is 11.8 Å². The van der Waals surface area contributed by atoms with Gasteiger partial charge in [0.25, 0.3) is 0 Å². The van der Waals surface area contributed by atoms with Crippen molar-refractivity contribution in [3.63, 3.8) is 0 Å². The standard InChI is InChI=1S/C29H36N2O7/c1-29(2)22-13-19-15-31(27(33)23(16-32)30-28(34)36-17-18-7-5-4-6-8-18)12-11-24(19)37-26(22)21-10-9-20(35-3)14-25(21)38-29/h4-10,14,19,22-24,26,32H,11-13,15-17H2,1-3H3,(H,30,34)/t19-,22+,23-,24+,26-/m0/s1. The van der Waals surface area contributed by atoms with Crippen LogP contribution < -0.4 is 14.8 Å². The lowest BCUT2D eigenvalue weighted by Gasteiger charge is -2.53. The predicted molar refractivity (Wildman–Crippen MR) is 139 cm³/mol. The Balaban J connectivity index is 1.22. The number of hydrogen-bond donors (Lipinski definition) is 2. The number of piperidine rings is 1. The fourth-order valence-corrected chi connectivity index (χ4v) is 5.92. The van der Waals surface area contributed by atoms with Crippen molar-refractivity contribution >= 4 is 12.0 Å². The van der Waals surface area contributed by atoms with Crippen LogP contribution in [0, 0.1) is 11.8 Å². The SMILES string of the molecule is COc1ccc2c(c1)OC(C)(C)[C@@H]1C[C@H]3CN(C(=O)[C@H](CO)NC(=O)OCc4ccccc4)CC[C@H]3O[C@@H]21. The number of rotatable bonds is 6. The number of methoxy groups -OCH3 is 1. The molecular formula is C29H36N2O7. The van der Waals surface area contributed by atoms with Crippen molar-refractivity contribution in [3.05, 3.63) is 59.7 Å². The van der Waals surface area contributed by atoms with Crippen LogP contribution in [-0.4, -0.2) is 66.6 Å². The summed E-state index contributed by atoms with van der Waals surface area (Å²) in [7, 11) is 1.64. The fraction of sp³-hybridized carbons (Fsp3) is 0.517. The second-order valence-electron chi connectivity index (χ2n) is 10.8. The van der Waals surface area contributed by atoms with E-state index >= 15 is 0 Å². The van der Waals surface area contributed by atoms with E-state index in [2.05, 4.69) is 19.2 Å². The van der Waals surface area contributed by atoms with Crippen molar-refractivity contribution in [2.45, 2.75) is 57.1 Å². The Hall–Kier alpha value is -3.30. The number of fused-ring (bicyclic) bond motifs is 4. The van der Waals surface area contributed by atoms with Gasteiger partial charge >= 0.3 is 6.09 Å². The molecule has 0 aromatic heterocycles. The van der Waals surface area contributed by atoms with Gasteiger partial charge in [-0.1, -0.05) is 30.3 Å². The molecule has 3 heterocycles. The molecule has 5 atom stereocenters. The second kappa shape index (κ2) is 10.8. The largest absolute Gasteiger partial charge is 0.497 e. The second-order valence-corrected chi connectivity index (χ2v) is 10.8. The lowest BCUT2D eigenvalue weighted by Crippen LogP contribution is -2.58. The van der Waals surface area contributed by atoms with Crippen LogP contribution >= 0.6 is 0 Å². The first kappa shape index (κ1) is 26.3. The van der Waals surface area contributed by atoms with Gasteiger partial charge in [-0.2, -0.15) is 0 Å². The number of amides is 2. The molecule has 0 saturated carbocycles. The molecule has 3 aliphatic heterocycles. The molecule has 9 nitrogen and oxygen atoms in total. The van der Waals surface area contributed by atoms with Crippen molar-refractivity contribution in [2.75, 3.05) is 26.8 Å². The molecule has 38 heavy (non-hydrogen) atoms. The zero-order valence-corrected chi connectivity index (χ0v) is 22.1. The van der Waals surface area contributed by atoms with Crippen LogP contribution in [0.3, 0.4) is 0 Å². The Labute approximate surface area is 223 Å². The summed E-state index contributed by atoms with van der Waals surface area (Å²) in [6.45, 7) is 4.72. The molecule has 2 amide bonds. The number of aliphatic hydroxyl groups is 1. The Morgan fingerprint density at radius 3 is 2.74 bits per heavy atom. The maximum atomic E-state index is 13.3. The molecule has 0 unspecified atom stereocenters. The zero-order chi connectivity index (χ0) is 26.9. The summed E-state index contributed by atoms with van der Waals surface area (Å²) in [5.41, 5.74) is 1.41. The van der Waals surface area contributed by atoms with Crippen LogP contribution in [0.5, 0.6) is 11.5 Å². The minimum atomic E-state index is -1.07. The quantitative estimate of drug-likeness (QED) is 0.596. The minimum absolute atomic E-state index is 0.0144. The molecule has 2 aromatic rings. The predicted octanol–water partition coefficient (Wildman–Crippen LogP) is 3.45. The van der Waals surface area contributed by atoms with Crippen LogP contribution in [0.2, 0.25) is 0 Å². The summed E-state index contributed by atoms with van der Waals surface area (Å²) in [6.07, 6.45) is 0.711. The number of benzene rings is 2. The van der Waals surface area contributed by atoms with Gasteiger partial charge in [0.15, 0.2) is 0 Å². The summed E-state index contributed by atoms with van der Waals surface area (Å²) in [4.78, 5) is 27.3. The third kappa shape index (κ3) is 5.31. The van der Waals surface area contributed by atoms with E-state index in [0.717, 1.165) is 29.0 Å². The summed E-state index contributed by atoms with van der Waals surface area (Å²) >= 11 is 0. The average Bonchev–Trinajstić information content (AvgIpc) is 2.93. The number of aliphatic hydroxyl groups excluding tert-OH is 1. The maximum Gasteiger partial charge on any atom is 0.408 e. The monoisotopic (exact) mass is 524 g/mol. The average molecular weight is 525 g/mol. The van der Waals surface area contributed by atoms with Crippen LogP contribution in [0.4, 0.5) is 4.79 Å². The topological polar surface area (TPSA) is 107 Å². The van der Waals surface area contributed by atoms with E-state index in [1.807, 2.05) is 48.5 Å². The molecule has 2 aromatic carbocycles. The van der Waals surface area contributed by atoms with Gasteiger partial charge < -0.3 is 34.3 Å². The van der Waals surface area contributed by atoms with Crippen molar-refractivity contribution in [1.82, 2.24) is 10.2 Å². The van der Waals surface area contributed by atoms with E-state index in [9.17, 15) is 14.7 Å². The van der Waals surface area contributed by atoms with Gasteiger partial charge in [0.2, 0.25) is 5.91 Å². The van der Waals surface area contributed by atoms with Gasteiger partial charge in [-0.25, -0.2) is 4.79 Å². The number of alkyl carbamates (subject to hydrolysis) is 1. The third-order valence-electron chi connectivity index (χ3n) is 8.00. The summed E-state index contributed by atoms with van der Waals surface area (Å²) in [6, 6.07) is 14.1. The number of likely N-dealkylation sites (tertiary alicyclic amines) is 1. The summed E-state index contributed by atoms with van der Waals surface area (Å²) in [5, 5.41) is 12.4. The molecule has 3 aliphatic rings. The lowest BCUT2D eigenvalue weighted by molar-refractivity contribution is -0.189. The number of nitrogens with zero attached hydrogens (tertiary/aromatic N) is 1. The Kier molecular flexibility index (Phi) is 7.49. The first-order valence-electron chi connectivity index (χ1n) is 13.2. The molecule has 0 bridgehead atoms. The molecular weight excluding hydrogens is 488 g/mol. The van der Waals surface area contributed by atoms with E-state index in [0.29, 0.717) is 19.5 Å². The van der Waals surface area contributed by atoms with E-state index < -0.39 is 24.3 Å². The Morgan fingerprint density at radius 1 is 1.21 bits per heavy atom. The normalized spacial score (nSPS) is 26.1. The van der Waals surface area contributed by atoms with E-state index in [1.54, 1.807) is 12.0 Å². The summed E-state index contributed by atoms with van der Waals surface area (Å²) in [5.74, 6) is 1.45. The lowest BCUT2D eigenvalue weighted by atomic mass is 9.70. The van der Waals surface area contributed by atoms with Crippen LogP contribution in [-0.2, 0) is 20.9 Å². The number of hydrogen-bond acceptors (Lipinski definition) is 7. The molecule has 2 N–H and O–H groups in total. The van der Waals surface area contributed by atoms with Crippen molar-refractivity contribution in [1.29, 1.82) is 0 Å². The number of carbonyl (C=O) groups is 2. The van der Waals surface area contributed by atoms with Gasteiger partial charge in [0.1, 0.15) is 29.7 Å².